The van der Waals surface area contributed by atoms with Crippen molar-refractivity contribution in [1.82, 2.24) is 0 Å². The second-order valence-electron chi connectivity index (χ2n) is 5.54. The van der Waals surface area contributed by atoms with Crippen LogP contribution in [0.15, 0.2) is 18.2 Å². The molecule has 0 amide bonds. The molecular weight excluding hydrogens is 212 g/mol. The monoisotopic (exact) mass is 230 g/mol. The molecule has 0 spiro atoms. The predicted molar refractivity (Wildman–Crippen MR) is 66.2 cm³/mol. The molecule has 1 aromatic rings. The van der Waals surface area contributed by atoms with Gasteiger partial charge in [-0.2, -0.15) is 0 Å². The van der Waals surface area contributed by atoms with Crippen molar-refractivity contribution in [3.05, 3.63) is 34.9 Å². The average molecular weight is 230 g/mol. The Kier molecular flexibility index (Phi) is 2.46. The summed E-state index contributed by atoms with van der Waals surface area (Å²) in [6.45, 7) is 0. The van der Waals surface area contributed by atoms with Crippen molar-refractivity contribution < 1.29 is 9.90 Å². The first-order valence-corrected chi connectivity index (χ1v) is 6.54. The van der Waals surface area contributed by atoms with Crippen molar-refractivity contribution in [3.8, 4) is 0 Å². The van der Waals surface area contributed by atoms with Crippen LogP contribution in [0.2, 0.25) is 0 Å². The predicted octanol–water partition coefficient (Wildman–Crippen LogP) is 3.07. The van der Waals surface area contributed by atoms with Gasteiger partial charge in [-0.1, -0.05) is 24.6 Å². The minimum atomic E-state index is -0.662. The van der Waals surface area contributed by atoms with Crippen molar-refractivity contribution in [1.29, 1.82) is 0 Å². The number of hydrogen-bond acceptors (Lipinski definition) is 1. The standard InChI is InChI=1S/C15H18O2/c16-14(17)10-15(7-2-8-15)13-6-5-11-3-1-4-12(11)9-13/h5-6,9H,1-4,7-8,10H2,(H,16,17). The Bertz CT molecular complexity index is 458. The van der Waals surface area contributed by atoms with Crippen LogP contribution in [0.3, 0.4) is 0 Å². The van der Waals surface area contributed by atoms with Crippen molar-refractivity contribution in [3.63, 3.8) is 0 Å². The van der Waals surface area contributed by atoms with E-state index in [2.05, 4.69) is 18.2 Å². The number of aliphatic carboxylic acids is 1. The van der Waals surface area contributed by atoms with E-state index in [0.29, 0.717) is 6.42 Å². The molecule has 2 heteroatoms. The lowest BCUT2D eigenvalue weighted by Gasteiger charge is -2.41. The van der Waals surface area contributed by atoms with E-state index >= 15 is 0 Å². The number of fused-ring (bicyclic) bond motifs is 1. The third-order valence-electron chi connectivity index (χ3n) is 4.51. The molecule has 0 bridgehead atoms. The van der Waals surface area contributed by atoms with E-state index in [4.69, 9.17) is 5.11 Å². The SMILES string of the molecule is O=C(O)CC1(c2ccc3c(c2)CCC3)CCC1. The minimum Gasteiger partial charge on any atom is -0.481 e. The molecule has 0 aliphatic heterocycles. The van der Waals surface area contributed by atoms with Crippen LogP contribution in [-0.4, -0.2) is 11.1 Å². The first kappa shape index (κ1) is 10.8. The van der Waals surface area contributed by atoms with Gasteiger partial charge in [0.2, 0.25) is 0 Å². The molecule has 2 nitrogen and oxygen atoms in total. The van der Waals surface area contributed by atoms with Crippen molar-refractivity contribution in [2.75, 3.05) is 0 Å². The number of rotatable bonds is 3. The van der Waals surface area contributed by atoms with Crippen LogP contribution in [-0.2, 0) is 23.1 Å². The highest BCUT2D eigenvalue weighted by molar-refractivity contribution is 5.69. The van der Waals surface area contributed by atoms with Gasteiger partial charge < -0.3 is 5.11 Å². The van der Waals surface area contributed by atoms with Crippen LogP contribution in [0.1, 0.15) is 48.8 Å². The summed E-state index contributed by atoms with van der Waals surface area (Å²) in [6, 6.07) is 6.68. The lowest BCUT2D eigenvalue weighted by Crippen LogP contribution is -2.36. The number of hydrogen-bond donors (Lipinski definition) is 1. The summed E-state index contributed by atoms with van der Waals surface area (Å²) in [6.07, 6.45) is 7.17. The highest BCUT2D eigenvalue weighted by Gasteiger charge is 2.40. The number of carboxylic acids is 1. The molecule has 90 valence electrons. The maximum Gasteiger partial charge on any atom is 0.304 e. The molecule has 0 atom stereocenters. The van der Waals surface area contributed by atoms with Crippen LogP contribution < -0.4 is 0 Å². The first-order valence-electron chi connectivity index (χ1n) is 6.54. The van der Waals surface area contributed by atoms with Gasteiger partial charge >= 0.3 is 5.97 Å². The van der Waals surface area contributed by atoms with Crippen LogP contribution >= 0.6 is 0 Å². The van der Waals surface area contributed by atoms with Gasteiger partial charge in [0.05, 0.1) is 6.42 Å². The maximum absolute atomic E-state index is 11.0. The smallest absolute Gasteiger partial charge is 0.304 e. The van der Waals surface area contributed by atoms with E-state index in [-0.39, 0.29) is 5.41 Å². The zero-order valence-corrected chi connectivity index (χ0v) is 10.0. The highest BCUT2D eigenvalue weighted by Crippen LogP contribution is 2.47. The minimum absolute atomic E-state index is 0.0521. The van der Waals surface area contributed by atoms with Gasteiger partial charge in [0.25, 0.3) is 0 Å². The van der Waals surface area contributed by atoms with E-state index < -0.39 is 5.97 Å². The van der Waals surface area contributed by atoms with Gasteiger partial charge in [-0.05, 0) is 48.8 Å². The molecule has 3 rings (SSSR count). The zero-order chi connectivity index (χ0) is 11.9. The van der Waals surface area contributed by atoms with Crippen molar-refractivity contribution in [2.24, 2.45) is 0 Å². The number of carbonyl (C=O) groups is 1. The van der Waals surface area contributed by atoms with Gasteiger partial charge in [-0.25, -0.2) is 0 Å². The van der Waals surface area contributed by atoms with Gasteiger partial charge in [0.1, 0.15) is 0 Å². The van der Waals surface area contributed by atoms with Crippen LogP contribution in [0.25, 0.3) is 0 Å². The van der Waals surface area contributed by atoms with Gasteiger partial charge in [-0.3, -0.25) is 4.79 Å². The summed E-state index contributed by atoms with van der Waals surface area (Å²) >= 11 is 0. The van der Waals surface area contributed by atoms with Gasteiger partial charge in [-0.15, -0.1) is 0 Å². The summed E-state index contributed by atoms with van der Waals surface area (Å²) in [4.78, 5) is 11.0. The second kappa shape index (κ2) is 3.86. The third-order valence-corrected chi connectivity index (χ3v) is 4.51. The summed E-state index contributed by atoms with van der Waals surface area (Å²) in [5.41, 5.74) is 4.15. The van der Waals surface area contributed by atoms with E-state index in [0.717, 1.165) is 12.8 Å². The van der Waals surface area contributed by atoms with Crippen LogP contribution in [0.5, 0.6) is 0 Å². The molecule has 0 radical (unpaired) electrons. The molecule has 0 heterocycles. The Labute approximate surface area is 102 Å². The summed E-state index contributed by atoms with van der Waals surface area (Å²) in [5.74, 6) is -0.662. The molecule has 1 aromatic carbocycles. The number of aryl methyl sites for hydroxylation is 2. The summed E-state index contributed by atoms with van der Waals surface area (Å²) < 4.78 is 0. The Balaban J connectivity index is 1.94. The van der Waals surface area contributed by atoms with Crippen LogP contribution in [0, 0.1) is 0 Å². The fraction of sp³-hybridized carbons (Fsp3) is 0.533. The van der Waals surface area contributed by atoms with E-state index in [9.17, 15) is 4.79 Å². The molecular formula is C15H18O2. The Hall–Kier alpha value is -1.31. The first-order chi connectivity index (χ1) is 8.20. The van der Waals surface area contributed by atoms with Crippen molar-refractivity contribution >= 4 is 5.97 Å². The van der Waals surface area contributed by atoms with Gasteiger partial charge in [0.15, 0.2) is 0 Å². The number of benzene rings is 1. The topological polar surface area (TPSA) is 37.3 Å². The Morgan fingerprint density at radius 3 is 2.59 bits per heavy atom. The molecule has 0 saturated heterocycles. The van der Waals surface area contributed by atoms with E-state index in [1.165, 1.54) is 42.4 Å². The largest absolute Gasteiger partial charge is 0.481 e. The second-order valence-corrected chi connectivity index (χ2v) is 5.54. The molecule has 0 unspecified atom stereocenters. The lowest BCUT2D eigenvalue weighted by atomic mass is 9.62. The molecule has 1 saturated carbocycles. The van der Waals surface area contributed by atoms with E-state index in [1.54, 1.807) is 0 Å². The summed E-state index contributed by atoms with van der Waals surface area (Å²) in [7, 11) is 0. The van der Waals surface area contributed by atoms with Crippen LogP contribution in [0.4, 0.5) is 0 Å². The fourth-order valence-electron chi connectivity index (χ4n) is 3.36. The quantitative estimate of drug-likeness (QED) is 0.866. The zero-order valence-electron chi connectivity index (χ0n) is 10.0. The highest BCUT2D eigenvalue weighted by atomic mass is 16.4. The molecule has 0 aromatic heterocycles. The van der Waals surface area contributed by atoms with Crippen molar-refractivity contribution in [2.45, 2.75) is 50.4 Å². The number of carboxylic acid groups (broad SMARTS) is 1. The summed E-state index contributed by atoms with van der Waals surface area (Å²) in [5, 5.41) is 9.07. The fourth-order valence-corrected chi connectivity index (χ4v) is 3.36. The van der Waals surface area contributed by atoms with E-state index in [1.807, 2.05) is 0 Å². The molecule has 2 aliphatic carbocycles. The molecule has 17 heavy (non-hydrogen) atoms. The molecule has 1 N–H and O–H groups in total. The Morgan fingerprint density at radius 1 is 1.18 bits per heavy atom. The molecule has 1 fully saturated rings. The average Bonchev–Trinajstić information content (AvgIpc) is 2.69. The molecule has 2 aliphatic rings. The lowest BCUT2D eigenvalue weighted by molar-refractivity contribution is -0.139. The van der Waals surface area contributed by atoms with Gasteiger partial charge in [0, 0.05) is 5.41 Å². The maximum atomic E-state index is 11.0. The Morgan fingerprint density at radius 2 is 1.94 bits per heavy atom. The normalized spacial score (nSPS) is 20.7. The third kappa shape index (κ3) is 1.76.